The standard InChI is InChI=1S/C21H25N3O2/c1-23-11-13-24(14-12-23)17-9-7-16(8-10-17)19-18(20(19)21(25)22-26)15-5-3-2-4-6-15/h2-10,18-20,26H,11-14H2,1H3,(H,22,25). The number of hydrogen-bond acceptors (Lipinski definition) is 4. The second-order valence-electron chi connectivity index (χ2n) is 7.35. The summed E-state index contributed by atoms with van der Waals surface area (Å²) in [6.45, 7) is 4.25. The van der Waals surface area contributed by atoms with Gasteiger partial charge in [0.25, 0.3) is 0 Å². The molecule has 0 radical (unpaired) electrons. The molecular formula is C21H25N3O2. The Morgan fingerprint density at radius 3 is 2.08 bits per heavy atom. The van der Waals surface area contributed by atoms with Gasteiger partial charge in [0, 0.05) is 43.7 Å². The minimum Gasteiger partial charge on any atom is -0.369 e. The molecule has 0 spiro atoms. The Balaban J connectivity index is 1.53. The Hall–Kier alpha value is -2.37. The lowest BCUT2D eigenvalue weighted by molar-refractivity contribution is -0.130. The number of piperazine rings is 1. The Morgan fingerprint density at radius 2 is 1.50 bits per heavy atom. The van der Waals surface area contributed by atoms with Crippen molar-refractivity contribution in [2.75, 3.05) is 38.1 Å². The van der Waals surface area contributed by atoms with Crippen LogP contribution >= 0.6 is 0 Å². The van der Waals surface area contributed by atoms with Crippen molar-refractivity contribution in [2.24, 2.45) is 5.92 Å². The van der Waals surface area contributed by atoms with Crippen LogP contribution in [-0.4, -0.2) is 49.2 Å². The Morgan fingerprint density at radius 1 is 0.923 bits per heavy atom. The third kappa shape index (κ3) is 3.20. The number of nitrogens with zero attached hydrogens (tertiary/aromatic N) is 2. The molecule has 1 aliphatic heterocycles. The number of carbonyl (C=O) groups excluding carboxylic acids is 1. The number of hydroxylamine groups is 1. The van der Waals surface area contributed by atoms with E-state index in [1.54, 1.807) is 0 Å². The van der Waals surface area contributed by atoms with E-state index in [4.69, 9.17) is 5.21 Å². The topological polar surface area (TPSA) is 55.8 Å². The molecule has 2 aromatic rings. The maximum atomic E-state index is 12.1. The molecule has 1 saturated carbocycles. The van der Waals surface area contributed by atoms with Gasteiger partial charge in [-0.2, -0.15) is 0 Å². The van der Waals surface area contributed by atoms with Crippen LogP contribution in [0.15, 0.2) is 54.6 Å². The molecule has 1 saturated heterocycles. The van der Waals surface area contributed by atoms with E-state index in [1.807, 2.05) is 23.7 Å². The zero-order valence-electron chi connectivity index (χ0n) is 15.0. The molecular weight excluding hydrogens is 326 g/mol. The highest BCUT2D eigenvalue weighted by molar-refractivity contribution is 5.84. The van der Waals surface area contributed by atoms with Crippen LogP contribution in [0.2, 0.25) is 0 Å². The van der Waals surface area contributed by atoms with E-state index >= 15 is 0 Å². The van der Waals surface area contributed by atoms with Gasteiger partial charge in [-0.15, -0.1) is 0 Å². The fourth-order valence-corrected chi connectivity index (χ4v) is 4.19. The normalized spacial score (nSPS) is 25.8. The molecule has 4 rings (SSSR count). The molecule has 2 aromatic carbocycles. The van der Waals surface area contributed by atoms with Crippen molar-refractivity contribution >= 4 is 11.6 Å². The number of amides is 1. The van der Waals surface area contributed by atoms with Crippen molar-refractivity contribution < 1.29 is 10.0 Å². The first-order valence-electron chi connectivity index (χ1n) is 9.21. The van der Waals surface area contributed by atoms with Gasteiger partial charge in [0.1, 0.15) is 0 Å². The number of nitrogens with one attached hydrogen (secondary N) is 1. The average Bonchev–Trinajstić information content (AvgIpc) is 3.44. The van der Waals surface area contributed by atoms with E-state index in [9.17, 15) is 4.79 Å². The number of rotatable bonds is 4. The Labute approximate surface area is 154 Å². The summed E-state index contributed by atoms with van der Waals surface area (Å²) in [6.07, 6.45) is 0. The van der Waals surface area contributed by atoms with Gasteiger partial charge in [-0.05, 0) is 30.3 Å². The Bertz CT molecular complexity index is 755. The molecule has 26 heavy (non-hydrogen) atoms. The minimum absolute atomic E-state index is 0.117. The van der Waals surface area contributed by atoms with Crippen LogP contribution < -0.4 is 10.4 Å². The lowest BCUT2D eigenvalue weighted by atomic mass is 10.0. The summed E-state index contributed by atoms with van der Waals surface area (Å²) in [5.74, 6) is -0.271. The maximum absolute atomic E-state index is 12.1. The summed E-state index contributed by atoms with van der Waals surface area (Å²) in [7, 11) is 2.16. The first kappa shape index (κ1) is 17.1. The second kappa shape index (κ2) is 7.09. The third-order valence-corrected chi connectivity index (χ3v) is 5.76. The van der Waals surface area contributed by atoms with Crippen LogP contribution in [0.3, 0.4) is 0 Å². The number of benzene rings is 2. The van der Waals surface area contributed by atoms with E-state index in [-0.39, 0.29) is 23.7 Å². The van der Waals surface area contributed by atoms with Crippen molar-refractivity contribution in [1.29, 1.82) is 0 Å². The molecule has 0 bridgehead atoms. The van der Waals surface area contributed by atoms with E-state index in [0.717, 1.165) is 37.3 Å². The van der Waals surface area contributed by atoms with Gasteiger partial charge in [0.15, 0.2) is 0 Å². The van der Waals surface area contributed by atoms with Gasteiger partial charge in [-0.25, -0.2) is 5.48 Å². The molecule has 136 valence electrons. The van der Waals surface area contributed by atoms with Gasteiger partial charge in [-0.3, -0.25) is 10.0 Å². The quantitative estimate of drug-likeness (QED) is 0.656. The average molecular weight is 351 g/mol. The van der Waals surface area contributed by atoms with E-state index in [0.29, 0.717) is 0 Å². The molecule has 1 heterocycles. The number of hydrogen-bond donors (Lipinski definition) is 2. The minimum atomic E-state index is -0.299. The lowest BCUT2D eigenvalue weighted by Gasteiger charge is -2.34. The van der Waals surface area contributed by atoms with Gasteiger partial charge < -0.3 is 9.80 Å². The molecule has 5 nitrogen and oxygen atoms in total. The zero-order chi connectivity index (χ0) is 18.1. The first-order valence-corrected chi connectivity index (χ1v) is 9.21. The van der Waals surface area contributed by atoms with Gasteiger partial charge >= 0.3 is 0 Å². The monoisotopic (exact) mass is 351 g/mol. The fourth-order valence-electron chi connectivity index (χ4n) is 4.19. The van der Waals surface area contributed by atoms with Crippen LogP contribution in [0, 0.1) is 5.92 Å². The largest absolute Gasteiger partial charge is 0.369 e. The molecule has 0 aromatic heterocycles. The number of likely N-dealkylation sites (N-methyl/N-ethyl adjacent to an activating group) is 1. The van der Waals surface area contributed by atoms with E-state index in [1.165, 1.54) is 5.69 Å². The smallest absolute Gasteiger partial charge is 0.247 e. The van der Waals surface area contributed by atoms with Gasteiger partial charge in [0.2, 0.25) is 5.91 Å². The molecule has 2 aliphatic rings. The lowest BCUT2D eigenvalue weighted by Crippen LogP contribution is -2.44. The zero-order valence-corrected chi connectivity index (χ0v) is 15.0. The molecule has 1 aliphatic carbocycles. The SMILES string of the molecule is CN1CCN(c2ccc(C3C(C(=O)NO)C3c3ccccc3)cc2)CC1. The van der Waals surface area contributed by atoms with Crippen molar-refractivity contribution in [3.63, 3.8) is 0 Å². The number of carbonyl (C=O) groups is 1. The molecule has 2 fully saturated rings. The summed E-state index contributed by atoms with van der Waals surface area (Å²) in [6, 6.07) is 18.7. The highest BCUT2D eigenvalue weighted by Gasteiger charge is 2.56. The van der Waals surface area contributed by atoms with Crippen LogP contribution in [-0.2, 0) is 4.79 Å². The summed E-state index contributed by atoms with van der Waals surface area (Å²) >= 11 is 0. The third-order valence-electron chi connectivity index (χ3n) is 5.76. The predicted molar refractivity (Wildman–Crippen MR) is 101 cm³/mol. The highest BCUT2D eigenvalue weighted by atomic mass is 16.5. The van der Waals surface area contributed by atoms with Crippen molar-refractivity contribution in [2.45, 2.75) is 11.8 Å². The summed E-state index contributed by atoms with van der Waals surface area (Å²) in [4.78, 5) is 16.9. The molecule has 1 amide bonds. The molecule has 3 atom stereocenters. The summed E-state index contributed by atoms with van der Waals surface area (Å²) in [5.41, 5.74) is 5.38. The number of anilines is 1. The summed E-state index contributed by atoms with van der Waals surface area (Å²) < 4.78 is 0. The molecule has 5 heteroatoms. The van der Waals surface area contributed by atoms with Crippen LogP contribution in [0.5, 0.6) is 0 Å². The second-order valence-corrected chi connectivity index (χ2v) is 7.35. The fraction of sp³-hybridized carbons (Fsp3) is 0.381. The van der Waals surface area contributed by atoms with Crippen LogP contribution in [0.25, 0.3) is 0 Å². The predicted octanol–water partition coefficient (Wildman–Crippen LogP) is 2.44. The maximum Gasteiger partial charge on any atom is 0.247 e. The molecule has 2 N–H and O–H groups in total. The van der Waals surface area contributed by atoms with E-state index < -0.39 is 0 Å². The Kier molecular flexibility index (Phi) is 4.66. The van der Waals surface area contributed by atoms with Gasteiger partial charge in [0.05, 0.1) is 5.92 Å². The molecule has 3 unspecified atom stereocenters. The van der Waals surface area contributed by atoms with Crippen molar-refractivity contribution in [3.05, 3.63) is 65.7 Å². The van der Waals surface area contributed by atoms with Crippen molar-refractivity contribution in [1.82, 2.24) is 10.4 Å². The van der Waals surface area contributed by atoms with Gasteiger partial charge in [-0.1, -0.05) is 42.5 Å². The first-order chi connectivity index (χ1) is 12.7. The summed E-state index contributed by atoms with van der Waals surface area (Å²) in [5, 5.41) is 9.10. The van der Waals surface area contributed by atoms with Crippen molar-refractivity contribution in [3.8, 4) is 0 Å². The van der Waals surface area contributed by atoms with Crippen LogP contribution in [0.1, 0.15) is 23.0 Å². The highest BCUT2D eigenvalue weighted by Crippen LogP contribution is 2.60. The van der Waals surface area contributed by atoms with E-state index in [2.05, 4.69) is 53.2 Å². The van der Waals surface area contributed by atoms with Crippen LogP contribution in [0.4, 0.5) is 5.69 Å².